The van der Waals surface area contributed by atoms with Gasteiger partial charge in [-0.25, -0.2) is 4.68 Å². The van der Waals surface area contributed by atoms with Gasteiger partial charge in [0.15, 0.2) is 5.82 Å². The van der Waals surface area contributed by atoms with E-state index in [-0.39, 0.29) is 17.5 Å². The van der Waals surface area contributed by atoms with Crippen molar-refractivity contribution in [2.24, 2.45) is 0 Å². The number of tetrazole rings is 1. The third-order valence-corrected chi connectivity index (χ3v) is 3.51. The summed E-state index contributed by atoms with van der Waals surface area (Å²) in [5.41, 5.74) is 0.746. The topological polar surface area (TPSA) is 106 Å². The number of pyridine rings is 1. The largest absolute Gasteiger partial charge is 0.342 e. The molecular weight excluding hydrogens is 272 g/mol. The van der Waals surface area contributed by atoms with E-state index in [0.29, 0.717) is 23.1 Å². The van der Waals surface area contributed by atoms with Gasteiger partial charge >= 0.3 is 0 Å². The highest BCUT2D eigenvalue weighted by atomic mass is 16.2. The van der Waals surface area contributed by atoms with Crippen LogP contribution in [0.2, 0.25) is 0 Å². The summed E-state index contributed by atoms with van der Waals surface area (Å²) in [6.45, 7) is 3.53. The van der Waals surface area contributed by atoms with Crippen LogP contribution >= 0.6 is 0 Å². The molecule has 0 saturated heterocycles. The van der Waals surface area contributed by atoms with Gasteiger partial charge in [-0.1, -0.05) is 0 Å². The minimum absolute atomic E-state index is 0.227. The zero-order valence-electron chi connectivity index (χ0n) is 11.8. The Morgan fingerprint density at radius 1 is 1.48 bits per heavy atom. The number of hydrogen-bond acceptors (Lipinski definition) is 5. The molecule has 1 amide bonds. The molecule has 1 aliphatic carbocycles. The molecule has 3 rings (SSSR count). The lowest BCUT2D eigenvalue weighted by Crippen LogP contribution is -2.30. The second-order valence-electron chi connectivity index (χ2n) is 5.27. The number of nitrogens with one attached hydrogen (secondary N) is 2. The fourth-order valence-electron chi connectivity index (χ4n) is 2.23. The minimum atomic E-state index is -0.306. The summed E-state index contributed by atoms with van der Waals surface area (Å²) >= 11 is 0. The van der Waals surface area contributed by atoms with E-state index in [4.69, 9.17) is 0 Å². The van der Waals surface area contributed by atoms with Crippen molar-refractivity contribution in [1.29, 1.82) is 0 Å². The summed E-state index contributed by atoms with van der Waals surface area (Å²) in [7, 11) is 0. The molecular formula is C13H16N6O2. The summed E-state index contributed by atoms with van der Waals surface area (Å²) < 4.78 is 1.77. The van der Waals surface area contributed by atoms with Crippen LogP contribution < -0.4 is 10.9 Å². The number of carbonyl (C=O) groups excluding carboxylic acids is 1. The molecule has 1 fully saturated rings. The van der Waals surface area contributed by atoms with Crippen LogP contribution in [-0.4, -0.2) is 31.1 Å². The molecule has 1 unspecified atom stereocenters. The van der Waals surface area contributed by atoms with Gasteiger partial charge in [-0.15, -0.1) is 5.10 Å². The maximum absolute atomic E-state index is 12.3. The molecule has 2 aromatic heterocycles. The first-order chi connectivity index (χ1) is 10.1. The summed E-state index contributed by atoms with van der Waals surface area (Å²) in [6, 6.07) is 2.89. The lowest BCUT2D eigenvalue weighted by molar-refractivity contribution is 0.0936. The number of aromatic nitrogens is 5. The Kier molecular flexibility index (Phi) is 3.28. The van der Waals surface area contributed by atoms with Crippen molar-refractivity contribution < 1.29 is 4.79 Å². The molecule has 8 nitrogen and oxygen atoms in total. The molecule has 2 aromatic rings. The number of aromatic amines is 1. The standard InChI is InChI=1S/C13H16N6O2/c1-7-10(5-6-11(20)14-7)13(21)15-8(2)12-16-17-18-19(12)9-3-4-9/h5-6,8-9H,3-4H2,1-2H3,(H,14,20)(H,15,21). The van der Waals surface area contributed by atoms with Crippen LogP contribution in [0.25, 0.3) is 0 Å². The highest BCUT2D eigenvalue weighted by molar-refractivity contribution is 5.95. The van der Waals surface area contributed by atoms with Gasteiger partial charge in [0.25, 0.3) is 5.91 Å². The Morgan fingerprint density at radius 2 is 2.24 bits per heavy atom. The van der Waals surface area contributed by atoms with E-state index in [9.17, 15) is 9.59 Å². The highest BCUT2D eigenvalue weighted by Gasteiger charge is 2.30. The Bertz CT molecular complexity index is 730. The molecule has 0 aromatic carbocycles. The second kappa shape index (κ2) is 5.12. The number of H-pyrrole nitrogens is 1. The lowest BCUT2D eigenvalue weighted by atomic mass is 10.2. The lowest BCUT2D eigenvalue weighted by Gasteiger charge is -2.14. The van der Waals surface area contributed by atoms with Crippen molar-refractivity contribution in [2.45, 2.75) is 38.8 Å². The second-order valence-corrected chi connectivity index (χ2v) is 5.27. The van der Waals surface area contributed by atoms with Gasteiger partial charge in [-0.05, 0) is 43.2 Å². The van der Waals surface area contributed by atoms with E-state index >= 15 is 0 Å². The predicted molar refractivity (Wildman–Crippen MR) is 73.8 cm³/mol. The number of carbonyl (C=O) groups is 1. The van der Waals surface area contributed by atoms with Gasteiger partial charge in [0.2, 0.25) is 5.56 Å². The number of hydrogen-bond donors (Lipinski definition) is 2. The first-order valence-electron chi connectivity index (χ1n) is 6.85. The summed E-state index contributed by atoms with van der Waals surface area (Å²) in [5.74, 6) is 0.384. The third kappa shape index (κ3) is 2.69. The van der Waals surface area contributed by atoms with Crippen molar-refractivity contribution in [3.8, 4) is 0 Å². The molecule has 2 heterocycles. The molecule has 0 radical (unpaired) electrons. The zero-order valence-corrected chi connectivity index (χ0v) is 11.8. The van der Waals surface area contributed by atoms with Crippen LogP contribution in [0.3, 0.4) is 0 Å². The van der Waals surface area contributed by atoms with Crippen molar-refractivity contribution >= 4 is 5.91 Å². The van der Waals surface area contributed by atoms with Gasteiger partial charge in [0.05, 0.1) is 17.6 Å². The van der Waals surface area contributed by atoms with Crippen molar-refractivity contribution in [1.82, 2.24) is 30.5 Å². The van der Waals surface area contributed by atoms with Crippen LogP contribution in [-0.2, 0) is 0 Å². The van der Waals surface area contributed by atoms with E-state index in [2.05, 4.69) is 25.8 Å². The van der Waals surface area contributed by atoms with Gasteiger partial charge in [0.1, 0.15) is 0 Å². The fourth-order valence-corrected chi connectivity index (χ4v) is 2.23. The van der Waals surface area contributed by atoms with E-state index < -0.39 is 0 Å². The Balaban J connectivity index is 1.77. The molecule has 21 heavy (non-hydrogen) atoms. The predicted octanol–water partition coefficient (Wildman–Crippen LogP) is 0.496. The Labute approximate surface area is 120 Å². The third-order valence-electron chi connectivity index (χ3n) is 3.51. The monoisotopic (exact) mass is 288 g/mol. The van der Waals surface area contributed by atoms with E-state index in [1.807, 2.05) is 6.92 Å². The Morgan fingerprint density at radius 3 is 2.90 bits per heavy atom. The summed E-state index contributed by atoms with van der Waals surface area (Å²) in [4.78, 5) is 26.1. The van der Waals surface area contributed by atoms with Crippen molar-refractivity contribution in [3.63, 3.8) is 0 Å². The van der Waals surface area contributed by atoms with Crippen LogP contribution in [0.1, 0.15) is 53.7 Å². The van der Waals surface area contributed by atoms with Gasteiger partial charge in [-0.3, -0.25) is 9.59 Å². The normalized spacial score (nSPS) is 15.7. The fraction of sp³-hybridized carbons (Fsp3) is 0.462. The molecule has 110 valence electrons. The first kappa shape index (κ1) is 13.5. The van der Waals surface area contributed by atoms with Gasteiger partial charge in [-0.2, -0.15) is 0 Å². The van der Waals surface area contributed by atoms with E-state index in [0.717, 1.165) is 12.8 Å². The smallest absolute Gasteiger partial charge is 0.253 e. The Hall–Kier alpha value is -2.51. The van der Waals surface area contributed by atoms with Gasteiger partial charge in [0, 0.05) is 11.8 Å². The van der Waals surface area contributed by atoms with Crippen LogP contribution in [0, 0.1) is 6.92 Å². The summed E-state index contributed by atoms with van der Waals surface area (Å²) in [5, 5.41) is 14.5. The van der Waals surface area contributed by atoms with E-state index in [1.165, 1.54) is 12.1 Å². The van der Waals surface area contributed by atoms with Gasteiger partial charge < -0.3 is 10.3 Å². The molecule has 1 atom stereocenters. The highest BCUT2D eigenvalue weighted by Crippen LogP contribution is 2.35. The maximum atomic E-state index is 12.3. The van der Waals surface area contributed by atoms with Crippen LogP contribution in [0.4, 0.5) is 0 Å². The molecule has 1 saturated carbocycles. The number of aryl methyl sites for hydroxylation is 1. The van der Waals surface area contributed by atoms with E-state index in [1.54, 1.807) is 11.6 Å². The number of rotatable bonds is 4. The van der Waals surface area contributed by atoms with Crippen LogP contribution in [0.15, 0.2) is 16.9 Å². The minimum Gasteiger partial charge on any atom is -0.342 e. The average molecular weight is 288 g/mol. The SMILES string of the molecule is Cc1[nH]c(=O)ccc1C(=O)NC(C)c1nnnn1C1CC1. The number of amides is 1. The molecule has 8 heteroatoms. The number of nitrogens with zero attached hydrogens (tertiary/aromatic N) is 4. The van der Waals surface area contributed by atoms with Crippen molar-refractivity contribution in [2.75, 3.05) is 0 Å². The van der Waals surface area contributed by atoms with Crippen LogP contribution in [0.5, 0.6) is 0 Å². The molecule has 0 aliphatic heterocycles. The molecule has 2 N–H and O–H groups in total. The zero-order chi connectivity index (χ0) is 15.0. The maximum Gasteiger partial charge on any atom is 0.253 e. The average Bonchev–Trinajstić information content (AvgIpc) is 3.15. The van der Waals surface area contributed by atoms with Crippen molar-refractivity contribution in [3.05, 3.63) is 39.6 Å². The molecule has 1 aliphatic rings. The first-order valence-corrected chi connectivity index (χ1v) is 6.85. The molecule has 0 spiro atoms. The molecule has 0 bridgehead atoms. The quantitative estimate of drug-likeness (QED) is 0.852. The summed E-state index contributed by atoms with van der Waals surface area (Å²) in [6.07, 6.45) is 2.13.